The molecule has 0 bridgehead atoms. The highest BCUT2D eigenvalue weighted by Gasteiger charge is 2.43. The van der Waals surface area contributed by atoms with Crippen LogP contribution in [-0.2, 0) is 28.8 Å². The molecule has 7 nitrogen and oxygen atoms in total. The van der Waals surface area contributed by atoms with Crippen LogP contribution in [0.15, 0.2) is 18.2 Å². The Balaban J connectivity index is 1.94. The first-order valence-corrected chi connectivity index (χ1v) is 12.7. The van der Waals surface area contributed by atoms with Crippen molar-refractivity contribution in [3.8, 4) is 0 Å². The van der Waals surface area contributed by atoms with Gasteiger partial charge in [0.25, 0.3) is 5.91 Å². The molecule has 35 heavy (non-hydrogen) atoms. The van der Waals surface area contributed by atoms with Crippen LogP contribution < -0.4 is 0 Å². The fourth-order valence-electron chi connectivity index (χ4n) is 4.60. The summed E-state index contributed by atoms with van der Waals surface area (Å²) < 4.78 is 107. The summed E-state index contributed by atoms with van der Waals surface area (Å²) in [5, 5.41) is 6.67. The summed E-state index contributed by atoms with van der Waals surface area (Å²) in [5.41, 5.74) is -3.63. The summed E-state index contributed by atoms with van der Waals surface area (Å²) in [6.45, 7) is 0.624. The molecule has 0 radical (unpaired) electrons. The van der Waals surface area contributed by atoms with Crippen LogP contribution in [0.25, 0.3) is 0 Å². The highest BCUT2D eigenvalue weighted by atomic mass is 32.2. The van der Waals surface area contributed by atoms with Gasteiger partial charge in [-0.2, -0.15) is 35.7 Å². The Bertz CT molecular complexity index is 1200. The van der Waals surface area contributed by atoms with Crippen molar-refractivity contribution in [3.05, 3.63) is 51.8 Å². The maximum absolute atomic E-state index is 13.5. The Kier molecular flexibility index (Phi) is 6.41. The van der Waals surface area contributed by atoms with Gasteiger partial charge in [-0.05, 0) is 43.0 Å². The van der Waals surface area contributed by atoms with Gasteiger partial charge in [-0.1, -0.05) is 0 Å². The summed E-state index contributed by atoms with van der Waals surface area (Å²) in [7, 11) is -4.10. The zero-order valence-electron chi connectivity index (χ0n) is 18.5. The van der Waals surface area contributed by atoms with E-state index in [4.69, 9.17) is 0 Å². The zero-order chi connectivity index (χ0) is 25.8. The lowest BCUT2D eigenvalue weighted by Crippen LogP contribution is -2.42. The summed E-state index contributed by atoms with van der Waals surface area (Å²) in [6, 6.07) is -0.627. The van der Waals surface area contributed by atoms with E-state index in [0.717, 1.165) is 29.8 Å². The van der Waals surface area contributed by atoms with Crippen LogP contribution in [0.4, 0.5) is 26.3 Å². The Hall–Kier alpha value is -2.61. The molecule has 3 heterocycles. The number of hydrogen-bond donors (Lipinski definition) is 1. The van der Waals surface area contributed by atoms with Crippen molar-refractivity contribution < 1.29 is 39.6 Å². The Morgan fingerprint density at radius 1 is 0.971 bits per heavy atom. The maximum atomic E-state index is 13.5. The third-order valence-corrected chi connectivity index (χ3v) is 7.47. The van der Waals surface area contributed by atoms with Crippen LogP contribution in [0.5, 0.6) is 0 Å². The van der Waals surface area contributed by atoms with E-state index in [9.17, 15) is 39.6 Å². The van der Waals surface area contributed by atoms with Crippen molar-refractivity contribution in [1.82, 2.24) is 19.4 Å². The minimum Gasteiger partial charge on any atom is -0.337 e. The van der Waals surface area contributed by atoms with Gasteiger partial charge in [0.15, 0.2) is 5.69 Å². The first kappa shape index (κ1) is 25.5. The molecule has 1 unspecified atom stereocenters. The maximum Gasteiger partial charge on any atom is 0.416 e. The number of nitrogens with one attached hydrogen (secondary N) is 1. The van der Waals surface area contributed by atoms with Crippen LogP contribution in [0, 0.1) is 0 Å². The second kappa shape index (κ2) is 8.80. The van der Waals surface area contributed by atoms with Crippen molar-refractivity contribution in [2.24, 2.45) is 0 Å². The minimum atomic E-state index is -5.12. The smallest absolute Gasteiger partial charge is 0.337 e. The molecule has 1 saturated heterocycles. The summed E-state index contributed by atoms with van der Waals surface area (Å²) >= 11 is 0. The number of aromatic nitrogens is 2. The topological polar surface area (TPSA) is 86.4 Å². The van der Waals surface area contributed by atoms with Gasteiger partial charge in [-0.3, -0.25) is 9.89 Å². The Morgan fingerprint density at radius 2 is 1.54 bits per heavy atom. The third-order valence-electron chi connectivity index (χ3n) is 6.22. The molecular weight excluding hydrogens is 502 g/mol. The van der Waals surface area contributed by atoms with Gasteiger partial charge in [0.2, 0.25) is 10.0 Å². The molecule has 0 spiro atoms. The molecule has 1 atom stereocenters. The molecule has 0 saturated carbocycles. The molecular formula is C21H22F6N4O3S. The van der Waals surface area contributed by atoms with E-state index in [0.29, 0.717) is 30.9 Å². The van der Waals surface area contributed by atoms with Crippen molar-refractivity contribution in [3.63, 3.8) is 0 Å². The van der Waals surface area contributed by atoms with Gasteiger partial charge in [0.05, 0.1) is 23.4 Å². The van der Waals surface area contributed by atoms with Crippen molar-refractivity contribution in [1.29, 1.82) is 0 Å². The molecule has 1 aromatic heterocycles. The largest absolute Gasteiger partial charge is 0.416 e. The van der Waals surface area contributed by atoms with E-state index in [1.165, 1.54) is 4.90 Å². The van der Waals surface area contributed by atoms with Crippen LogP contribution in [-0.4, -0.2) is 59.6 Å². The highest BCUT2D eigenvalue weighted by Crippen LogP contribution is 2.43. The number of sulfonamides is 1. The number of alkyl halides is 6. The van der Waals surface area contributed by atoms with E-state index in [2.05, 4.69) is 10.2 Å². The van der Waals surface area contributed by atoms with Crippen LogP contribution >= 0.6 is 0 Å². The number of carbonyl (C=O) groups is 1. The van der Waals surface area contributed by atoms with Gasteiger partial charge >= 0.3 is 12.4 Å². The molecule has 14 heteroatoms. The van der Waals surface area contributed by atoms with E-state index in [-0.39, 0.29) is 30.3 Å². The Morgan fingerprint density at radius 3 is 2.06 bits per heavy atom. The molecule has 2 aliphatic heterocycles. The lowest BCUT2D eigenvalue weighted by atomic mass is 9.89. The Labute approximate surface area is 197 Å². The van der Waals surface area contributed by atoms with E-state index in [1.54, 1.807) is 0 Å². The minimum absolute atomic E-state index is 0.0206. The standard InChI is InChI=1S/C21H22F6N4O3S/c1-35(33,34)31-8-5-15-16(17(29-28-15)19(32)30-6-3-2-4-7-30)18(31)12-9-13(20(22,23)24)11-14(10-12)21(25,26)27/h9-11,18H,2-8H2,1H3,(H,28,29). The van der Waals surface area contributed by atoms with Crippen LogP contribution in [0.1, 0.15) is 63.7 Å². The number of amides is 1. The first-order valence-electron chi connectivity index (χ1n) is 10.8. The fraction of sp³-hybridized carbons (Fsp3) is 0.524. The fourth-order valence-corrected chi connectivity index (χ4v) is 5.64. The SMILES string of the molecule is CS(=O)(=O)N1CCc2[nH]nc(C(=O)N3CCCCC3)c2C1c1cc(C(F)(F)F)cc(C(F)(F)F)c1. The van der Waals surface area contributed by atoms with E-state index in [1.807, 2.05) is 0 Å². The molecule has 1 aromatic carbocycles. The summed E-state index contributed by atoms with van der Waals surface area (Å²) in [5.74, 6) is -0.550. The predicted octanol–water partition coefficient (Wildman–Crippen LogP) is 3.98. The first-order chi connectivity index (χ1) is 16.2. The van der Waals surface area contributed by atoms with E-state index < -0.39 is 51.0 Å². The number of nitrogens with zero attached hydrogens (tertiary/aromatic N) is 3. The average Bonchev–Trinajstić information content (AvgIpc) is 3.20. The van der Waals surface area contributed by atoms with Gasteiger partial charge in [-0.15, -0.1) is 0 Å². The number of hydrogen-bond acceptors (Lipinski definition) is 4. The summed E-state index contributed by atoms with van der Waals surface area (Å²) in [4.78, 5) is 14.7. The lowest BCUT2D eigenvalue weighted by Gasteiger charge is -2.35. The number of aromatic amines is 1. The third kappa shape index (κ3) is 5.03. The molecule has 1 N–H and O–H groups in total. The molecule has 4 rings (SSSR count). The van der Waals surface area contributed by atoms with Gasteiger partial charge in [0.1, 0.15) is 0 Å². The number of likely N-dealkylation sites (tertiary alicyclic amines) is 1. The number of carbonyl (C=O) groups excluding carboxylic acids is 1. The number of rotatable bonds is 3. The molecule has 192 valence electrons. The predicted molar refractivity (Wildman–Crippen MR) is 112 cm³/mol. The molecule has 0 aliphatic carbocycles. The number of H-pyrrole nitrogens is 1. The number of fused-ring (bicyclic) bond motifs is 1. The zero-order valence-corrected chi connectivity index (χ0v) is 19.3. The number of benzene rings is 1. The van der Waals surface area contributed by atoms with Crippen molar-refractivity contribution >= 4 is 15.9 Å². The van der Waals surface area contributed by atoms with Gasteiger partial charge < -0.3 is 4.90 Å². The lowest BCUT2D eigenvalue weighted by molar-refractivity contribution is -0.143. The molecule has 2 aliphatic rings. The molecule has 1 amide bonds. The monoisotopic (exact) mass is 524 g/mol. The molecule has 1 fully saturated rings. The normalized spacial score (nSPS) is 20.1. The van der Waals surface area contributed by atoms with Crippen molar-refractivity contribution in [2.45, 2.75) is 44.1 Å². The van der Waals surface area contributed by atoms with Gasteiger partial charge in [0, 0.05) is 37.3 Å². The van der Waals surface area contributed by atoms with Crippen LogP contribution in [0.2, 0.25) is 0 Å². The molecule has 2 aromatic rings. The van der Waals surface area contributed by atoms with Crippen molar-refractivity contribution in [2.75, 3.05) is 25.9 Å². The number of halogens is 6. The average molecular weight is 524 g/mol. The van der Waals surface area contributed by atoms with E-state index >= 15 is 0 Å². The quantitative estimate of drug-likeness (QED) is 0.616. The second-order valence-corrected chi connectivity index (χ2v) is 10.6. The number of piperidine rings is 1. The highest BCUT2D eigenvalue weighted by molar-refractivity contribution is 7.88. The summed E-state index contributed by atoms with van der Waals surface area (Å²) in [6.07, 6.45) is -6.98. The second-order valence-electron chi connectivity index (χ2n) is 8.68. The van der Waals surface area contributed by atoms with Gasteiger partial charge in [-0.25, -0.2) is 8.42 Å². The van der Waals surface area contributed by atoms with Crippen LogP contribution in [0.3, 0.4) is 0 Å².